The van der Waals surface area contributed by atoms with Crippen molar-refractivity contribution in [1.29, 1.82) is 0 Å². The fourth-order valence-electron chi connectivity index (χ4n) is 2.73. The zero-order valence-corrected chi connectivity index (χ0v) is 11.4. The molecule has 1 fully saturated rings. The molecule has 1 aromatic rings. The van der Waals surface area contributed by atoms with Gasteiger partial charge in [-0.25, -0.2) is 0 Å². The number of nitrogens with zero attached hydrogens (tertiary/aromatic N) is 1. The monoisotopic (exact) mass is 282 g/mol. The minimum atomic E-state index is -0.852. The first-order valence-electron chi connectivity index (χ1n) is 6.79. The number of nitro benzene ring substituents is 1. The summed E-state index contributed by atoms with van der Waals surface area (Å²) in [7, 11) is 0. The van der Waals surface area contributed by atoms with E-state index in [0.29, 0.717) is 6.54 Å². The Morgan fingerprint density at radius 2 is 2.30 bits per heavy atom. The van der Waals surface area contributed by atoms with Gasteiger partial charge in [-0.15, -0.1) is 0 Å². The fourth-order valence-corrected chi connectivity index (χ4v) is 2.73. The fraction of sp³-hybridized carbons (Fsp3) is 0.571. The van der Waals surface area contributed by atoms with Crippen molar-refractivity contribution < 1.29 is 14.4 Å². The molecule has 2 N–H and O–H groups in total. The summed E-state index contributed by atoms with van der Waals surface area (Å²) in [6.45, 7) is 2.34. The van der Waals surface area contributed by atoms with Crippen molar-refractivity contribution in [2.75, 3.05) is 11.9 Å². The summed E-state index contributed by atoms with van der Waals surface area (Å²) in [5.41, 5.74) is -0.714. The van der Waals surface area contributed by atoms with E-state index < -0.39 is 22.5 Å². The Hall–Kier alpha value is -1.69. The highest BCUT2D eigenvalue weighted by molar-refractivity contribution is 5.62. The number of nitro groups is 1. The van der Waals surface area contributed by atoms with Gasteiger partial charge in [-0.1, -0.05) is 25.8 Å². The third-order valence-corrected chi connectivity index (χ3v) is 4.13. The molecule has 1 aliphatic rings. The minimum absolute atomic E-state index is 0.161. The van der Waals surface area contributed by atoms with Crippen LogP contribution in [-0.2, 0) is 0 Å². The first-order valence-corrected chi connectivity index (χ1v) is 6.79. The van der Waals surface area contributed by atoms with E-state index in [9.17, 15) is 19.6 Å². The Bertz CT molecular complexity index is 509. The first-order chi connectivity index (χ1) is 9.44. The van der Waals surface area contributed by atoms with Crippen LogP contribution >= 0.6 is 0 Å². The van der Waals surface area contributed by atoms with E-state index in [1.807, 2.05) is 6.92 Å². The highest BCUT2D eigenvalue weighted by Gasteiger charge is 2.35. The van der Waals surface area contributed by atoms with Gasteiger partial charge in [0.15, 0.2) is 0 Å². The van der Waals surface area contributed by atoms with E-state index in [1.165, 1.54) is 12.1 Å². The Labute approximate surface area is 117 Å². The number of aliphatic hydroxyl groups is 1. The van der Waals surface area contributed by atoms with Gasteiger partial charge in [0.25, 0.3) is 0 Å². The summed E-state index contributed by atoms with van der Waals surface area (Å²) in [5.74, 6) is -0.852. The number of rotatable bonds is 4. The summed E-state index contributed by atoms with van der Waals surface area (Å²) in [6.07, 6.45) is 3.18. The van der Waals surface area contributed by atoms with E-state index in [4.69, 9.17) is 0 Å². The second-order valence-corrected chi connectivity index (χ2v) is 5.66. The van der Waals surface area contributed by atoms with E-state index in [1.54, 1.807) is 0 Å². The maximum atomic E-state index is 13.5. The lowest BCUT2D eigenvalue weighted by Gasteiger charge is -2.38. The lowest BCUT2D eigenvalue weighted by atomic mass is 9.73. The van der Waals surface area contributed by atoms with Crippen molar-refractivity contribution in [3.63, 3.8) is 0 Å². The van der Waals surface area contributed by atoms with Crippen molar-refractivity contribution >= 4 is 11.4 Å². The van der Waals surface area contributed by atoms with Crippen molar-refractivity contribution in [2.24, 2.45) is 5.41 Å². The number of para-hydroxylation sites is 1. The predicted octanol–water partition coefficient (Wildman–Crippen LogP) is 3.09. The van der Waals surface area contributed by atoms with E-state index >= 15 is 0 Å². The third-order valence-electron chi connectivity index (χ3n) is 4.13. The summed E-state index contributed by atoms with van der Waals surface area (Å²) >= 11 is 0. The largest absolute Gasteiger partial charge is 0.392 e. The van der Waals surface area contributed by atoms with Crippen LogP contribution in [-0.4, -0.2) is 22.7 Å². The number of hydrogen-bond acceptors (Lipinski definition) is 4. The quantitative estimate of drug-likeness (QED) is 0.657. The van der Waals surface area contributed by atoms with Crippen LogP contribution in [0.25, 0.3) is 0 Å². The maximum Gasteiger partial charge on any atom is 0.327 e. The van der Waals surface area contributed by atoms with Crippen LogP contribution in [0.5, 0.6) is 0 Å². The molecule has 5 nitrogen and oxygen atoms in total. The second kappa shape index (κ2) is 5.75. The first kappa shape index (κ1) is 14.7. The number of anilines is 1. The predicted molar refractivity (Wildman–Crippen MR) is 74.1 cm³/mol. The molecule has 20 heavy (non-hydrogen) atoms. The Balaban J connectivity index is 2.15. The van der Waals surface area contributed by atoms with E-state index in [2.05, 4.69) is 5.32 Å². The molecule has 0 radical (unpaired) electrons. The van der Waals surface area contributed by atoms with Crippen LogP contribution in [0.3, 0.4) is 0 Å². The van der Waals surface area contributed by atoms with Gasteiger partial charge >= 0.3 is 5.69 Å². The Morgan fingerprint density at radius 1 is 1.55 bits per heavy atom. The Kier molecular flexibility index (Phi) is 4.23. The van der Waals surface area contributed by atoms with Crippen LogP contribution in [0.2, 0.25) is 0 Å². The van der Waals surface area contributed by atoms with Crippen LogP contribution < -0.4 is 5.32 Å². The number of hydrogen-bond donors (Lipinski definition) is 2. The summed E-state index contributed by atoms with van der Waals surface area (Å²) in [4.78, 5) is 10.2. The average Bonchev–Trinajstić information content (AvgIpc) is 2.40. The van der Waals surface area contributed by atoms with Crippen molar-refractivity contribution in [1.82, 2.24) is 0 Å². The van der Waals surface area contributed by atoms with E-state index in [0.717, 1.165) is 31.7 Å². The van der Waals surface area contributed by atoms with Gasteiger partial charge in [0.05, 0.1) is 11.0 Å². The molecule has 110 valence electrons. The number of benzene rings is 1. The molecule has 1 saturated carbocycles. The zero-order chi connectivity index (χ0) is 14.8. The van der Waals surface area contributed by atoms with Crippen LogP contribution in [0.1, 0.15) is 32.6 Å². The zero-order valence-electron chi connectivity index (χ0n) is 11.4. The van der Waals surface area contributed by atoms with Crippen molar-refractivity contribution in [2.45, 2.75) is 38.7 Å². The molecule has 6 heteroatoms. The van der Waals surface area contributed by atoms with Gasteiger partial charge in [-0.3, -0.25) is 10.1 Å². The molecule has 0 amide bonds. The molecule has 2 unspecified atom stereocenters. The van der Waals surface area contributed by atoms with Gasteiger partial charge < -0.3 is 10.4 Å². The van der Waals surface area contributed by atoms with Gasteiger partial charge in [-0.2, -0.15) is 4.39 Å². The van der Waals surface area contributed by atoms with Crippen molar-refractivity contribution in [3.8, 4) is 0 Å². The lowest BCUT2D eigenvalue weighted by Crippen LogP contribution is -2.41. The highest BCUT2D eigenvalue weighted by Crippen LogP contribution is 2.37. The molecule has 0 aliphatic heterocycles. The molecular weight excluding hydrogens is 263 g/mol. The number of nitrogens with one attached hydrogen (secondary N) is 1. The lowest BCUT2D eigenvalue weighted by molar-refractivity contribution is -0.386. The van der Waals surface area contributed by atoms with Gasteiger partial charge in [-0.05, 0) is 25.0 Å². The van der Waals surface area contributed by atoms with Gasteiger partial charge in [0.2, 0.25) is 5.82 Å². The smallest absolute Gasteiger partial charge is 0.327 e. The van der Waals surface area contributed by atoms with Gasteiger partial charge in [0, 0.05) is 12.0 Å². The minimum Gasteiger partial charge on any atom is -0.392 e. The maximum absolute atomic E-state index is 13.5. The topological polar surface area (TPSA) is 75.4 Å². The molecule has 0 spiro atoms. The molecule has 0 heterocycles. The molecule has 0 saturated heterocycles. The average molecular weight is 282 g/mol. The highest BCUT2D eigenvalue weighted by atomic mass is 19.1. The molecule has 0 bridgehead atoms. The number of halogens is 1. The molecule has 2 atom stereocenters. The standard InChI is InChI=1S/C14H19FN2O3/c1-14(8-3-2-7-12(14)18)9-16-11-6-4-5-10(15)13(11)17(19)20/h4-6,12,16,18H,2-3,7-9H2,1H3. The molecule has 2 rings (SSSR count). The van der Waals surface area contributed by atoms with Crippen LogP contribution in [0.15, 0.2) is 18.2 Å². The Morgan fingerprint density at radius 3 is 2.95 bits per heavy atom. The summed E-state index contributed by atoms with van der Waals surface area (Å²) < 4.78 is 13.5. The van der Waals surface area contributed by atoms with Crippen molar-refractivity contribution in [3.05, 3.63) is 34.1 Å². The second-order valence-electron chi connectivity index (χ2n) is 5.66. The molecule has 1 aromatic carbocycles. The molecule has 0 aromatic heterocycles. The van der Waals surface area contributed by atoms with E-state index in [-0.39, 0.29) is 11.1 Å². The normalized spacial score (nSPS) is 26.2. The summed E-state index contributed by atoms with van der Waals surface area (Å²) in [6, 6.07) is 3.99. The summed E-state index contributed by atoms with van der Waals surface area (Å²) in [5, 5.41) is 23.9. The van der Waals surface area contributed by atoms with Crippen LogP contribution in [0.4, 0.5) is 15.8 Å². The third kappa shape index (κ3) is 2.90. The molecular formula is C14H19FN2O3. The molecule has 1 aliphatic carbocycles. The number of aliphatic hydroxyl groups excluding tert-OH is 1. The van der Waals surface area contributed by atoms with Crippen LogP contribution in [0, 0.1) is 21.3 Å². The van der Waals surface area contributed by atoms with Gasteiger partial charge in [0.1, 0.15) is 5.69 Å². The SMILES string of the molecule is CC1(CNc2cccc(F)c2[N+](=O)[O-])CCCCC1O.